The van der Waals surface area contributed by atoms with Gasteiger partial charge in [0.25, 0.3) is 0 Å². The van der Waals surface area contributed by atoms with E-state index in [1.807, 2.05) is 35.9 Å². The molecule has 0 radical (unpaired) electrons. The number of rotatable bonds is 7. The van der Waals surface area contributed by atoms with Crippen LogP contribution in [0.2, 0.25) is 0 Å². The first kappa shape index (κ1) is 16.3. The van der Waals surface area contributed by atoms with Crippen LogP contribution in [-0.2, 0) is 12.8 Å². The third-order valence-electron chi connectivity index (χ3n) is 3.48. The van der Waals surface area contributed by atoms with Crippen LogP contribution in [-0.4, -0.2) is 33.2 Å². The van der Waals surface area contributed by atoms with E-state index in [0.29, 0.717) is 11.7 Å². The third kappa shape index (κ3) is 3.51. The van der Waals surface area contributed by atoms with E-state index >= 15 is 0 Å². The van der Waals surface area contributed by atoms with Gasteiger partial charge in [0.1, 0.15) is 5.75 Å². The molecule has 2 aromatic heterocycles. The molecule has 3 rings (SSSR count). The molecule has 124 valence electrons. The van der Waals surface area contributed by atoms with Crippen molar-refractivity contribution in [3.63, 3.8) is 0 Å². The van der Waals surface area contributed by atoms with Gasteiger partial charge in [-0.3, -0.25) is 0 Å². The molecule has 0 amide bonds. The zero-order chi connectivity index (χ0) is 16.9. The molecule has 0 aliphatic heterocycles. The van der Waals surface area contributed by atoms with Crippen LogP contribution in [0.5, 0.6) is 5.75 Å². The van der Waals surface area contributed by atoms with Crippen LogP contribution >= 0.6 is 11.8 Å². The van der Waals surface area contributed by atoms with Gasteiger partial charge in [-0.1, -0.05) is 30.0 Å². The largest absolute Gasteiger partial charge is 0.497 e. The lowest BCUT2D eigenvalue weighted by atomic mass is 10.2. The van der Waals surface area contributed by atoms with Gasteiger partial charge in [-0.2, -0.15) is 0 Å². The molecular weight excluding hydrogens is 322 g/mol. The van der Waals surface area contributed by atoms with Crippen LogP contribution in [0.25, 0.3) is 11.2 Å². The number of fused-ring (bicyclic) bond motifs is 1. The van der Waals surface area contributed by atoms with Gasteiger partial charge in [0, 0.05) is 19.3 Å². The minimum atomic E-state index is 0.630. The Morgan fingerprint density at radius 1 is 1.29 bits per heavy atom. The molecule has 0 unspecified atom stereocenters. The molecule has 0 aliphatic carbocycles. The fraction of sp³-hybridized carbons (Fsp3) is 0.235. The topological polar surface area (TPSA) is 64.9 Å². The van der Waals surface area contributed by atoms with Crippen LogP contribution in [0.15, 0.2) is 48.4 Å². The average molecular weight is 341 g/mol. The molecule has 0 aliphatic rings. The summed E-state index contributed by atoms with van der Waals surface area (Å²) in [6.07, 6.45) is 3.54. The van der Waals surface area contributed by atoms with Crippen molar-refractivity contribution in [2.24, 2.45) is 7.05 Å². The molecule has 0 fully saturated rings. The van der Waals surface area contributed by atoms with Crippen molar-refractivity contribution in [3.8, 4) is 5.75 Å². The number of hydrogen-bond donors (Lipinski definition) is 1. The lowest BCUT2D eigenvalue weighted by Crippen LogP contribution is -2.04. The Labute approximate surface area is 145 Å². The van der Waals surface area contributed by atoms with E-state index in [4.69, 9.17) is 4.74 Å². The normalized spacial score (nSPS) is 10.8. The van der Waals surface area contributed by atoms with Crippen molar-refractivity contribution in [1.29, 1.82) is 0 Å². The molecule has 3 aromatic rings. The molecule has 0 bridgehead atoms. The Hall–Kier alpha value is -2.54. The van der Waals surface area contributed by atoms with Crippen LogP contribution in [0, 0.1) is 0 Å². The summed E-state index contributed by atoms with van der Waals surface area (Å²) >= 11 is 1.59. The number of methoxy groups -OCH3 is 1. The highest BCUT2D eigenvalue weighted by atomic mass is 32.2. The number of benzene rings is 1. The van der Waals surface area contributed by atoms with Gasteiger partial charge < -0.3 is 14.6 Å². The number of thioether (sulfide) groups is 1. The molecule has 1 N–H and O–H groups in total. The lowest BCUT2D eigenvalue weighted by Gasteiger charge is -2.07. The van der Waals surface area contributed by atoms with E-state index in [1.54, 1.807) is 31.3 Å². The number of hydrogen-bond acceptors (Lipinski definition) is 6. The van der Waals surface area contributed by atoms with Gasteiger partial charge in [-0.15, -0.1) is 6.58 Å². The summed E-state index contributed by atoms with van der Waals surface area (Å²) in [7, 11) is 3.59. The standard InChI is InChI=1S/C17H19N5OS/c1-4-9-18-15-14-16(22(2)11-19-14)21-17(20-15)24-10-12-5-7-13(23-3)8-6-12/h4-8,11H,1,9-10H2,2-3H3,(H,18,20,21). The predicted octanol–water partition coefficient (Wildman–Crippen LogP) is 3.26. The van der Waals surface area contributed by atoms with Gasteiger partial charge in [0.15, 0.2) is 22.1 Å². The Morgan fingerprint density at radius 2 is 2.08 bits per heavy atom. The monoisotopic (exact) mass is 341 g/mol. The van der Waals surface area contributed by atoms with E-state index < -0.39 is 0 Å². The van der Waals surface area contributed by atoms with E-state index in [-0.39, 0.29) is 0 Å². The predicted molar refractivity (Wildman–Crippen MR) is 97.5 cm³/mol. The van der Waals surface area contributed by atoms with Gasteiger partial charge in [0.05, 0.1) is 13.4 Å². The smallest absolute Gasteiger partial charge is 0.191 e. The number of nitrogens with zero attached hydrogens (tertiary/aromatic N) is 4. The van der Waals surface area contributed by atoms with Crippen LogP contribution < -0.4 is 10.1 Å². The van der Waals surface area contributed by atoms with Crippen molar-refractivity contribution in [2.75, 3.05) is 19.0 Å². The molecule has 0 atom stereocenters. The zero-order valence-corrected chi connectivity index (χ0v) is 14.5. The molecule has 1 aromatic carbocycles. The zero-order valence-electron chi connectivity index (χ0n) is 13.7. The molecule has 6 nitrogen and oxygen atoms in total. The summed E-state index contributed by atoms with van der Waals surface area (Å²) in [6.45, 7) is 4.36. The van der Waals surface area contributed by atoms with Crippen LogP contribution in [0.1, 0.15) is 5.56 Å². The quantitative estimate of drug-likeness (QED) is 0.404. The van der Waals surface area contributed by atoms with Crippen molar-refractivity contribution >= 4 is 28.7 Å². The van der Waals surface area contributed by atoms with Gasteiger partial charge in [-0.05, 0) is 17.7 Å². The maximum absolute atomic E-state index is 5.18. The van der Waals surface area contributed by atoms with Gasteiger partial charge >= 0.3 is 0 Å². The number of nitrogens with one attached hydrogen (secondary N) is 1. The maximum atomic E-state index is 5.18. The fourth-order valence-corrected chi connectivity index (χ4v) is 3.01. The molecule has 0 saturated heterocycles. The molecule has 0 saturated carbocycles. The summed E-state index contributed by atoms with van der Waals surface area (Å²) in [5, 5.41) is 3.95. The summed E-state index contributed by atoms with van der Waals surface area (Å²) in [6, 6.07) is 8.01. The highest BCUT2D eigenvalue weighted by Crippen LogP contribution is 2.26. The number of anilines is 1. The van der Waals surface area contributed by atoms with E-state index in [0.717, 1.165) is 28.5 Å². The Morgan fingerprint density at radius 3 is 2.79 bits per heavy atom. The summed E-state index contributed by atoms with van der Waals surface area (Å²) in [4.78, 5) is 13.6. The van der Waals surface area contributed by atoms with Crippen LogP contribution in [0.4, 0.5) is 5.82 Å². The Bertz CT molecular complexity index is 844. The fourth-order valence-electron chi connectivity index (χ4n) is 2.21. The minimum Gasteiger partial charge on any atom is -0.497 e. The second kappa shape index (κ2) is 7.35. The van der Waals surface area contributed by atoms with Gasteiger partial charge in [0.2, 0.25) is 0 Å². The second-order valence-electron chi connectivity index (χ2n) is 5.19. The molecule has 7 heteroatoms. The second-order valence-corrected chi connectivity index (χ2v) is 6.13. The van der Waals surface area contributed by atoms with E-state index in [2.05, 4.69) is 26.8 Å². The molecule has 2 heterocycles. The first-order valence-corrected chi connectivity index (χ1v) is 8.49. The average Bonchev–Trinajstić information content (AvgIpc) is 2.99. The highest BCUT2D eigenvalue weighted by Gasteiger charge is 2.12. The van der Waals surface area contributed by atoms with Crippen LogP contribution in [0.3, 0.4) is 0 Å². The Balaban J connectivity index is 1.82. The number of aromatic nitrogens is 4. The first-order chi connectivity index (χ1) is 11.7. The highest BCUT2D eigenvalue weighted by molar-refractivity contribution is 7.98. The molecule has 0 spiro atoms. The minimum absolute atomic E-state index is 0.630. The Kier molecular flexibility index (Phi) is 5.00. The SMILES string of the molecule is C=CCNc1nc(SCc2ccc(OC)cc2)nc2c1ncn2C. The first-order valence-electron chi connectivity index (χ1n) is 7.51. The summed E-state index contributed by atoms with van der Waals surface area (Å²) < 4.78 is 7.08. The molecule has 24 heavy (non-hydrogen) atoms. The number of imidazole rings is 1. The number of aryl methyl sites for hydroxylation is 1. The van der Waals surface area contributed by atoms with Crippen molar-refractivity contribution in [3.05, 3.63) is 48.8 Å². The van der Waals surface area contributed by atoms with E-state index in [1.165, 1.54) is 5.56 Å². The lowest BCUT2D eigenvalue weighted by molar-refractivity contribution is 0.414. The van der Waals surface area contributed by atoms with E-state index in [9.17, 15) is 0 Å². The van der Waals surface area contributed by atoms with Crippen molar-refractivity contribution in [1.82, 2.24) is 19.5 Å². The van der Waals surface area contributed by atoms with Crippen molar-refractivity contribution in [2.45, 2.75) is 10.9 Å². The molecular formula is C17H19N5OS. The number of ether oxygens (including phenoxy) is 1. The van der Waals surface area contributed by atoms with Crippen molar-refractivity contribution < 1.29 is 4.74 Å². The maximum Gasteiger partial charge on any atom is 0.191 e. The third-order valence-corrected chi connectivity index (χ3v) is 4.40. The van der Waals surface area contributed by atoms with Gasteiger partial charge in [-0.25, -0.2) is 15.0 Å². The summed E-state index contributed by atoms with van der Waals surface area (Å²) in [5.41, 5.74) is 2.78. The summed E-state index contributed by atoms with van der Waals surface area (Å²) in [5.74, 6) is 2.37.